The number of pyridine rings is 1. The van der Waals surface area contributed by atoms with Gasteiger partial charge in [0.25, 0.3) is 0 Å². The molecule has 0 aliphatic carbocycles. The number of anilines is 1. The molecule has 1 aromatic heterocycles. The van der Waals surface area contributed by atoms with Crippen LogP contribution in [0.25, 0.3) is 0 Å². The van der Waals surface area contributed by atoms with Crippen LogP contribution in [-0.4, -0.2) is 38.3 Å². The zero-order valence-electron chi connectivity index (χ0n) is 10.6. The van der Waals surface area contributed by atoms with E-state index in [0.717, 1.165) is 38.5 Å². The van der Waals surface area contributed by atoms with Gasteiger partial charge in [0, 0.05) is 31.9 Å². The van der Waals surface area contributed by atoms with Crippen molar-refractivity contribution in [2.24, 2.45) is 0 Å². The van der Waals surface area contributed by atoms with E-state index in [1.54, 1.807) is 0 Å². The van der Waals surface area contributed by atoms with Crippen LogP contribution in [0.5, 0.6) is 0 Å². The molecule has 1 saturated heterocycles. The maximum Gasteiger partial charge on any atom is 0.128 e. The third-order valence-corrected chi connectivity index (χ3v) is 3.25. The van der Waals surface area contributed by atoms with E-state index in [9.17, 15) is 0 Å². The fraction of sp³-hybridized carbons (Fsp3) is 0.615. The van der Waals surface area contributed by atoms with Gasteiger partial charge < -0.3 is 15.0 Å². The first-order valence-corrected chi connectivity index (χ1v) is 6.27. The Morgan fingerprint density at radius 3 is 2.94 bits per heavy atom. The lowest BCUT2D eigenvalue weighted by molar-refractivity contribution is 0.152. The summed E-state index contributed by atoms with van der Waals surface area (Å²) in [5.74, 6) is 1.06. The molecule has 1 unspecified atom stereocenters. The highest BCUT2D eigenvalue weighted by Gasteiger charge is 2.11. The molecule has 1 aromatic rings. The van der Waals surface area contributed by atoms with Crippen molar-refractivity contribution in [1.29, 1.82) is 0 Å². The van der Waals surface area contributed by atoms with Crippen molar-refractivity contribution in [2.45, 2.75) is 19.4 Å². The van der Waals surface area contributed by atoms with Gasteiger partial charge in [0.1, 0.15) is 5.82 Å². The Labute approximate surface area is 103 Å². The van der Waals surface area contributed by atoms with Gasteiger partial charge in [-0.15, -0.1) is 0 Å². The van der Waals surface area contributed by atoms with E-state index in [0.29, 0.717) is 6.04 Å². The highest BCUT2D eigenvalue weighted by Crippen LogP contribution is 2.16. The topological polar surface area (TPSA) is 37.4 Å². The summed E-state index contributed by atoms with van der Waals surface area (Å²) in [6, 6.07) is 4.60. The van der Waals surface area contributed by atoms with Gasteiger partial charge in [0.2, 0.25) is 0 Å². The summed E-state index contributed by atoms with van der Waals surface area (Å²) in [6.07, 6.45) is 3.04. The lowest BCUT2D eigenvalue weighted by Gasteiger charge is -2.21. The second-order valence-electron chi connectivity index (χ2n) is 4.41. The van der Waals surface area contributed by atoms with Crippen molar-refractivity contribution in [1.82, 2.24) is 10.3 Å². The molecule has 1 N–H and O–H groups in total. The smallest absolute Gasteiger partial charge is 0.128 e. The first kappa shape index (κ1) is 12.3. The predicted molar refractivity (Wildman–Crippen MR) is 69.4 cm³/mol. The van der Waals surface area contributed by atoms with Crippen molar-refractivity contribution in [3.8, 4) is 0 Å². The second kappa shape index (κ2) is 5.98. The molecule has 1 aliphatic heterocycles. The van der Waals surface area contributed by atoms with Gasteiger partial charge >= 0.3 is 0 Å². The highest BCUT2D eigenvalue weighted by molar-refractivity contribution is 5.39. The molecule has 0 aromatic carbocycles. The van der Waals surface area contributed by atoms with Crippen molar-refractivity contribution in [3.63, 3.8) is 0 Å². The zero-order chi connectivity index (χ0) is 12.1. The Bertz CT molecular complexity index is 331. The third-order valence-electron chi connectivity index (χ3n) is 3.25. The van der Waals surface area contributed by atoms with Crippen LogP contribution in [0.4, 0.5) is 5.82 Å². The minimum Gasteiger partial charge on any atom is -0.380 e. The van der Waals surface area contributed by atoms with Gasteiger partial charge in [-0.05, 0) is 32.0 Å². The lowest BCUT2D eigenvalue weighted by atomic mass is 10.1. The summed E-state index contributed by atoms with van der Waals surface area (Å²) in [5, 5.41) is 3.22. The monoisotopic (exact) mass is 235 g/mol. The zero-order valence-corrected chi connectivity index (χ0v) is 10.6. The first-order chi connectivity index (χ1) is 8.31. The molecule has 1 fully saturated rings. The fourth-order valence-corrected chi connectivity index (χ4v) is 1.98. The van der Waals surface area contributed by atoms with E-state index in [-0.39, 0.29) is 0 Å². The van der Waals surface area contributed by atoms with Gasteiger partial charge in [-0.25, -0.2) is 4.98 Å². The highest BCUT2D eigenvalue weighted by atomic mass is 16.5. The van der Waals surface area contributed by atoms with Crippen molar-refractivity contribution in [3.05, 3.63) is 23.9 Å². The van der Waals surface area contributed by atoms with Crippen LogP contribution in [0.1, 0.15) is 24.9 Å². The van der Waals surface area contributed by atoms with E-state index in [2.05, 4.69) is 34.3 Å². The molecule has 17 heavy (non-hydrogen) atoms. The Balaban J connectivity index is 2.05. The van der Waals surface area contributed by atoms with E-state index in [1.165, 1.54) is 5.56 Å². The SMILES string of the molecule is CNC(C)c1ccc(N2CCCOCC2)nc1. The minimum absolute atomic E-state index is 0.351. The number of nitrogens with zero attached hydrogens (tertiary/aromatic N) is 2. The Kier molecular flexibility index (Phi) is 4.34. The third kappa shape index (κ3) is 3.17. The van der Waals surface area contributed by atoms with Crippen LogP contribution in [-0.2, 0) is 4.74 Å². The van der Waals surface area contributed by atoms with Gasteiger partial charge in [0.05, 0.1) is 6.61 Å². The van der Waals surface area contributed by atoms with Gasteiger partial charge in [-0.3, -0.25) is 0 Å². The Hall–Kier alpha value is -1.13. The molecule has 2 heterocycles. The summed E-state index contributed by atoms with van der Waals surface area (Å²) in [4.78, 5) is 6.84. The van der Waals surface area contributed by atoms with Crippen LogP contribution in [0.15, 0.2) is 18.3 Å². The maximum atomic E-state index is 5.45. The van der Waals surface area contributed by atoms with Crippen LogP contribution < -0.4 is 10.2 Å². The molecule has 4 nitrogen and oxygen atoms in total. The van der Waals surface area contributed by atoms with Gasteiger partial charge in [-0.1, -0.05) is 6.07 Å². The summed E-state index contributed by atoms with van der Waals surface area (Å²) in [6.45, 7) is 5.78. The number of ether oxygens (including phenoxy) is 1. The number of hydrogen-bond donors (Lipinski definition) is 1. The predicted octanol–water partition coefficient (Wildman–Crippen LogP) is 1.59. The maximum absolute atomic E-state index is 5.45. The molecule has 0 amide bonds. The lowest BCUT2D eigenvalue weighted by Crippen LogP contribution is -2.26. The average molecular weight is 235 g/mol. The number of rotatable bonds is 3. The van der Waals surface area contributed by atoms with E-state index < -0.39 is 0 Å². The van der Waals surface area contributed by atoms with Gasteiger partial charge in [0.15, 0.2) is 0 Å². The second-order valence-corrected chi connectivity index (χ2v) is 4.41. The molecule has 0 spiro atoms. The summed E-state index contributed by atoms with van der Waals surface area (Å²) < 4.78 is 5.45. The van der Waals surface area contributed by atoms with Gasteiger partial charge in [-0.2, -0.15) is 0 Å². The van der Waals surface area contributed by atoms with Crippen LogP contribution in [0.2, 0.25) is 0 Å². The number of aromatic nitrogens is 1. The normalized spacial score (nSPS) is 18.8. The van der Waals surface area contributed by atoms with Crippen LogP contribution >= 0.6 is 0 Å². The number of nitrogens with one attached hydrogen (secondary N) is 1. The average Bonchev–Trinajstić information content (AvgIpc) is 2.67. The number of hydrogen-bond acceptors (Lipinski definition) is 4. The summed E-state index contributed by atoms with van der Waals surface area (Å²) >= 11 is 0. The van der Waals surface area contributed by atoms with Crippen LogP contribution in [0, 0.1) is 0 Å². The van der Waals surface area contributed by atoms with Crippen molar-refractivity contribution < 1.29 is 4.74 Å². The van der Waals surface area contributed by atoms with Crippen LogP contribution in [0.3, 0.4) is 0 Å². The largest absolute Gasteiger partial charge is 0.380 e. The fourth-order valence-electron chi connectivity index (χ4n) is 1.98. The summed E-state index contributed by atoms with van der Waals surface area (Å²) in [5.41, 5.74) is 1.22. The molecule has 1 aliphatic rings. The quantitative estimate of drug-likeness (QED) is 0.863. The van der Waals surface area contributed by atoms with E-state index >= 15 is 0 Å². The molecular formula is C13H21N3O. The summed E-state index contributed by atoms with van der Waals surface area (Å²) in [7, 11) is 1.96. The standard InChI is InChI=1S/C13H21N3O/c1-11(14-2)12-4-5-13(15-10-12)16-6-3-8-17-9-7-16/h4-5,10-11,14H,3,6-9H2,1-2H3. The molecule has 4 heteroatoms. The minimum atomic E-state index is 0.351. The molecule has 1 atom stereocenters. The molecule has 0 saturated carbocycles. The Morgan fingerprint density at radius 1 is 1.35 bits per heavy atom. The molecule has 0 bridgehead atoms. The molecule has 0 radical (unpaired) electrons. The first-order valence-electron chi connectivity index (χ1n) is 6.27. The Morgan fingerprint density at radius 2 is 2.24 bits per heavy atom. The van der Waals surface area contributed by atoms with E-state index in [1.807, 2.05) is 13.2 Å². The van der Waals surface area contributed by atoms with Crippen molar-refractivity contribution in [2.75, 3.05) is 38.3 Å². The molecule has 94 valence electrons. The molecular weight excluding hydrogens is 214 g/mol. The van der Waals surface area contributed by atoms with Crippen molar-refractivity contribution >= 4 is 5.82 Å². The van der Waals surface area contributed by atoms with E-state index in [4.69, 9.17) is 4.74 Å². The molecule has 2 rings (SSSR count).